The fourth-order valence-corrected chi connectivity index (χ4v) is 2.31. The molecule has 0 saturated carbocycles. The summed E-state index contributed by atoms with van der Waals surface area (Å²) in [6.07, 6.45) is 2.05. The molecule has 3 rings (SSSR count). The number of carbonyl (C=O) groups excluding carboxylic acids is 1. The molecule has 102 valence electrons. The number of amides is 1. The van der Waals surface area contributed by atoms with Crippen LogP contribution in [0.2, 0.25) is 0 Å². The Morgan fingerprint density at radius 1 is 1.25 bits per heavy atom. The smallest absolute Gasteiger partial charge is 0.415 e. The molecule has 4 heteroatoms. The molecular weight excluding hydrogens is 252 g/mol. The van der Waals surface area contributed by atoms with Crippen molar-refractivity contribution in [1.82, 2.24) is 4.98 Å². The number of pyridine rings is 1. The summed E-state index contributed by atoms with van der Waals surface area (Å²) in [6.45, 7) is 2.51. The lowest BCUT2D eigenvalue weighted by atomic mass is 10.1. The van der Waals surface area contributed by atoms with Gasteiger partial charge in [-0.05, 0) is 24.1 Å². The Morgan fingerprint density at radius 3 is 2.75 bits per heavy atom. The summed E-state index contributed by atoms with van der Waals surface area (Å²) in [5.41, 5.74) is 2.24. The van der Waals surface area contributed by atoms with Crippen molar-refractivity contribution in [1.29, 1.82) is 0 Å². The van der Waals surface area contributed by atoms with Gasteiger partial charge in [0.05, 0.1) is 6.54 Å². The molecule has 0 spiro atoms. The highest BCUT2D eigenvalue weighted by Gasteiger charge is 2.32. The molecule has 0 radical (unpaired) electrons. The van der Waals surface area contributed by atoms with Gasteiger partial charge < -0.3 is 4.74 Å². The molecular formula is C16H16N2O2. The average molecular weight is 268 g/mol. The lowest BCUT2D eigenvalue weighted by Crippen LogP contribution is -2.25. The van der Waals surface area contributed by atoms with Crippen LogP contribution in [0.3, 0.4) is 0 Å². The summed E-state index contributed by atoms with van der Waals surface area (Å²) in [5, 5.41) is 0. The maximum atomic E-state index is 11.9. The number of rotatable bonds is 3. The Balaban J connectivity index is 1.71. The minimum Gasteiger partial charge on any atom is -0.444 e. The van der Waals surface area contributed by atoms with Crippen molar-refractivity contribution in [2.24, 2.45) is 0 Å². The Bertz CT molecular complexity index is 596. The summed E-state index contributed by atoms with van der Waals surface area (Å²) >= 11 is 0. The van der Waals surface area contributed by atoms with Crippen LogP contribution in [0.4, 0.5) is 10.6 Å². The third kappa shape index (κ3) is 2.64. The minimum absolute atomic E-state index is 0.118. The first-order chi connectivity index (χ1) is 9.72. The van der Waals surface area contributed by atoms with Crippen molar-refractivity contribution in [2.45, 2.75) is 19.4 Å². The van der Waals surface area contributed by atoms with Crippen LogP contribution in [0, 0.1) is 6.92 Å². The molecule has 0 N–H and O–H groups in total. The summed E-state index contributed by atoms with van der Waals surface area (Å²) in [5.74, 6) is 0.649. The quantitative estimate of drug-likeness (QED) is 0.859. The van der Waals surface area contributed by atoms with Crippen LogP contribution < -0.4 is 4.90 Å². The number of anilines is 1. The van der Waals surface area contributed by atoms with Gasteiger partial charge in [0.15, 0.2) is 0 Å². The predicted octanol–water partition coefficient (Wildman–Crippen LogP) is 2.96. The first-order valence-electron chi connectivity index (χ1n) is 6.67. The van der Waals surface area contributed by atoms with Gasteiger partial charge in [0.2, 0.25) is 0 Å². The zero-order valence-electron chi connectivity index (χ0n) is 11.3. The van der Waals surface area contributed by atoms with Gasteiger partial charge in [0, 0.05) is 12.6 Å². The van der Waals surface area contributed by atoms with E-state index in [9.17, 15) is 4.79 Å². The topological polar surface area (TPSA) is 42.4 Å². The molecule has 1 atom stereocenters. The van der Waals surface area contributed by atoms with Crippen LogP contribution in [0.25, 0.3) is 0 Å². The van der Waals surface area contributed by atoms with Crippen molar-refractivity contribution < 1.29 is 9.53 Å². The summed E-state index contributed by atoms with van der Waals surface area (Å²) < 4.78 is 5.41. The molecule has 0 aliphatic carbocycles. The molecule has 1 aliphatic heterocycles. The van der Waals surface area contributed by atoms with Crippen LogP contribution in [0.1, 0.15) is 11.1 Å². The Hall–Kier alpha value is -2.36. The van der Waals surface area contributed by atoms with E-state index in [2.05, 4.69) is 4.98 Å². The molecule has 1 saturated heterocycles. The van der Waals surface area contributed by atoms with Gasteiger partial charge in [0.1, 0.15) is 11.9 Å². The normalized spacial score (nSPS) is 18.1. The first kappa shape index (κ1) is 12.7. The van der Waals surface area contributed by atoms with E-state index >= 15 is 0 Å². The van der Waals surface area contributed by atoms with Gasteiger partial charge >= 0.3 is 6.09 Å². The van der Waals surface area contributed by atoms with Crippen molar-refractivity contribution >= 4 is 11.9 Å². The standard InChI is InChI=1S/C16H16N2O2/c1-12-7-8-15(17-10-12)18-11-14(20-16(18)19)9-13-5-3-2-4-6-13/h2-8,10,14H,9,11H2,1H3. The molecule has 20 heavy (non-hydrogen) atoms. The predicted molar refractivity (Wildman–Crippen MR) is 76.7 cm³/mol. The van der Waals surface area contributed by atoms with E-state index in [1.54, 1.807) is 11.1 Å². The van der Waals surface area contributed by atoms with Crippen molar-refractivity contribution in [3.8, 4) is 0 Å². The van der Waals surface area contributed by atoms with E-state index in [4.69, 9.17) is 4.74 Å². The number of hydrogen-bond donors (Lipinski definition) is 0. The highest BCUT2D eigenvalue weighted by molar-refractivity contribution is 5.88. The van der Waals surface area contributed by atoms with Gasteiger partial charge in [-0.2, -0.15) is 0 Å². The molecule has 1 amide bonds. The summed E-state index contributed by atoms with van der Waals surface area (Å²) in [6, 6.07) is 13.8. The van der Waals surface area contributed by atoms with Gasteiger partial charge in [-0.3, -0.25) is 4.90 Å². The summed E-state index contributed by atoms with van der Waals surface area (Å²) in [7, 11) is 0. The number of ether oxygens (including phenoxy) is 1. The maximum Gasteiger partial charge on any atom is 0.415 e. The second kappa shape index (κ2) is 5.33. The van der Waals surface area contributed by atoms with Crippen molar-refractivity contribution in [3.05, 3.63) is 59.8 Å². The monoisotopic (exact) mass is 268 g/mol. The molecule has 2 aromatic rings. The van der Waals surface area contributed by atoms with Crippen LogP contribution >= 0.6 is 0 Å². The fourth-order valence-electron chi connectivity index (χ4n) is 2.31. The number of hydrogen-bond acceptors (Lipinski definition) is 3. The zero-order valence-corrected chi connectivity index (χ0v) is 11.3. The molecule has 4 nitrogen and oxygen atoms in total. The van der Waals surface area contributed by atoms with E-state index in [0.717, 1.165) is 12.0 Å². The minimum atomic E-state index is -0.317. The van der Waals surface area contributed by atoms with Crippen LogP contribution in [0.15, 0.2) is 48.7 Å². The van der Waals surface area contributed by atoms with Crippen LogP contribution in [0.5, 0.6) is 0 Å². The molecule has 1 aliphatic rings. The van der Waals surface area contributed by atoms with E-state index < -0.39 is 0 Å². The van der Waals surface area contributed by atoms with Crippen molar-refractivity contribution in [3.63, 3.8) is 0 Å². The lowest BCUT2D eigenvalue weighted by Gasteiger charge is -2.11. The number of aryl methyl sites for hydroxylation is 1. The molecule has 1 fully saturated rings. The van der Waals surface area contributed by atoms with Gasteiger partial charge in [-0.25, -0.2) is 9.78 Å². The number of aromatic nitrogens is 1. The average Bonchev–Trinajstić information content (AvgIpc) is 2.81. The largest absolute Gasteiger partial charge is 0.444 e. The van der Waals surface area contributed by atoms with E-state index in [1.165, 1.54) is 5.56 Å². The van der Waals surface area contributed by atoms with E-state index in [0.29, 0.717) is 12.4 Å². The number of carbonyl (C=O) groups is 1. The molecule has 0 bridgehead atoms. The van der Waals surface area contributed by atoms with Crippen LogP contribution in [-0.4, -0.2) is 23.7 Å². The second-order valence-corrected chi connectivity index (χ2v) is 5.00. The fraction of sp³-hybridized carbons (Fsp3) is 0.250. The second-order valence-electron chi connectivity index (χ2n) is 5.00. The zero-order chi connectivity index (χ0) is 13.9. The molecule has 2 heterocycles. The Kier molecular flexibility index (Phi) is 3.37. The number of benzene rings is 1. The van der Waals surface area contributed by atoms with Gasteiger partial charge in [0.25, 0.3) is 0 Å². The first-order valence-corrected chi connectivity index (χ1v) is 6.67. The van der Waals surface area contributed by atoms with Crippen LogP contribution in [-0.2, 0) is 11.2 Å². The molecule has 1 aromatic heterocycles. The molecule has 1 aromatic carbocycles. The Morgan fingerprint density at radius 2 is 2.05 bits per heavy atom. The highest BCUT2D eigenvalue weighted by Crippen LogP contribution is 2.21. The van der Waals surface area contributed by atoms with E-state index in [-0.39, 0.29) is 12.2 Å². The number of nitrogens with zero attached hydrogens (tertiary/aromatic N) is 2. The third-order valence-electron chi connectivity index (χ3n) is 3.35. The maximum absolute atomic E-state index is 11.9. The molecule has 1 unspecified atom stereocenters. The van der Waals surface area contributed by atoms with Gasteiger partial charge in [-0.15, -0.1) is 0 Å². The van der Waals surface area contributed by atoms with E-state index in [1.807, 2.05) is 49.4 Å². The lowest BCUT2D eigenvalue weighted by molar-refractivity contribution is 0.141. The number of cyclic esters (lactones) is 1. The third-order valence-corrected chi connectivity index (χ3v) is 3.35. The highest BCUT2D eigenvalue weighted by atomic mass is 16.6. The SMILES string of the molecule is Cc1ccc(N2CC(Cc3ccccc3)OC2=O)nc1. The van der Waals surface area contributed by atoms with Gasteiger partial charge in [-0.1, -0.05) is 36.4 Å². The Labute approximate surface area is 118 Å². The summed E-state index contributed by atoms with van der Waals surface area (Å²) in [4.78, 5) is 17.8. The van der Waals surface area contributed by atoms with Crippen molar-refractivity contribution in [2.75, 3.05) is 11.4 Å².